The Balaban J connectivity index is 1.46. The van der Waals surface area contributed by atoms with Crippen molar-refractivity contribution in [2.45, 2.75) is 55.8 Å². The molecule has 0 N–H and O–H groups in total. The van der Waals surface area contributed by atoms with Crippen molar-refractivity contribution in [3.05, 3.63) is 24.0 Å². The predicted molar refractivity (Wildman–Crippen MR) is 95.1 cm³/mol. The molecule has 25 heavy (non-hydrogen) atoms. The van der Waals surface area contributed by atoms with Crippen molar-refractivity contribution < 1.29 is 4.79 Å². The van der Waals surface area contributed by atoms with Gasteiger partial charge in [-0.1, -0.05) is 24.6 Å². The quantitative estimate of drug-likeness (QED) is 0.767. The molecule has 2 aromatic rings. The Morgan fingerprint density at radius 1 is 1.28 bits per heavy atom. The Morgan fingerprint density at radius 2 is 2.16 bits per heavy atom. The highest BCUT2D eigenvalue weighted by atomic mass is 32.2. The molecular weight excluding hydrogens is 336 g/mol. The summed E-state index contributed by atoms with van der Waals surface area (Å²) in [5.41, 5.74) is 1.23. The average Bonchev–Trinajstić information content (AvgIpc) is 3.28. The second kappa shape index (κ2) is 7.19. The van der Waals surface area contributed by atoms with Crippen LogP contribution in [0.5, 0.6) is 0 Å². The lowest BCUT2D eigenvalue weighted by atomic mass is 10.1. The zero-order valence-electron chi connectivity index (χ0n) is 14.5. The number of carbonyl (C=O) groups excluding carboxylic acids is 1. The van der Waals surface area contributed by atoms with Crippen LogP contribution in [-0.4, -0.2) is 47.9 Å². The van der Waals surface area contributed by atoms with Gasteiger partial charge in [0, 0.05) is 25.5 Å². The largest absolute Gasteiger partial charge is 0.353 e. The van der Waals surface area contributed by atoms with Gasteiger partial charge in [0.2, 0.25) is 11.1 Å². The Kier molecular flexibility index (Phi) is 4.78. The zero-order valence-corrected chi connectivity index (χ0v) is 15.4. The van der Waals surface area contributed by atoms with Crippen LogP contribution in [0.25, 0.3) is 0 Å². The summed E-state index contributed by atoms with van der Waals surface area (Å²) in [6.45, 7) is 0.836. The molecule has 8 heteroatoms. The van der Waals surface area contributed by atoms with Crippen molar-refractivity contribution in [2.24, 2.45) is 7.05 Å². The van der Waals surface area contributed by atoms with Gasteiger partial charge in [0.05, 0.1) is 17.8 Å². The Bertz CT molecular complexity index is 737. The summed E-state index contributed by atoms with van der Waals surface area (Å²) < 4.78 is 4.01. The third-order valence-electron chi connectivity index (χ3n) is 5.08. The van der Waals surface area contributed by atoms with Crippen LogP contribution in [0.2, 0.25) is 0 Å². The molecule has 4 rings (SSSR count). The smallest absolute Gasteiger partial charge is 0.233 e. The lowest BCUT2D eigenvalue weighted by Gasteiger charge is -2.30. The van der Waals surface area contributed by atoms with E-state index in [0.717, 1.165) is 37.4 Å². The summed E-state index contributed by atoms with van der Waals surface area (Å²) >= 11 is 1.46. The van der Waals surface area contributed by atoms with E-state index >= 15 is 0 Å². The fourth-order valence-electron chi connectivity index (χ4n) is 3.57. The SMILES string of the molecule is Cn1cccc1C1CCCCCN1C(=O)CSc1nnnn1C1CC1. The molecule has 134 valence electrons. The highest BCUT2D eigenvalue weighted by Crippen LogP contribution is 2.37. The number of tetrazole rings is 1. The molecule has 7 nitrogen and oxygen atoms in total. The molecule has 0 aromatic carbocycles. The number of nitrogens with zero attached hydrogens (tertiary/aromatic N) is 6. The molecule has 0 bridgehead atoms. The van der Waals surface area contributed by atoms with E-state index < -0.39 is 0 Å². The van der Waals surface area contributed by atoms with Gasteiger partial charge in [-0.25, -0.2) is 4.68 Å². The van der Waals surface area contributed by atoms with Crippen molar-refractivity contribution in [3.63, 3.8) is 0 Å². The number of thioether (sulfide) groups is 1. The molecule has 1 amide bonds. The minimum atomic E-state index is 0.176. The standard InChI is InChI=1S/C17H24N6OS/c1-21-10-5-7-14(21)15-6-3-2-4-11-22(15)16(24)12-25-17-18-19-20-23(17)13-8-9-13/h5,7,10,13,15H,2-4,6,8-9,11-12H2,1H3. The summed E-state index contributed by atoms with van der Waals surface area (Å²) in [7, 11) is 2.06. The third kappa shape index (κ3) is 3.58. The molecule has 1 aliphatic carbocycles. The van der Waals surface area contributed by atoms with Gasteiger partial charge in [-0.05, 0) is 48.2 Å². The molecule has 0 spiro atoms. The van der Waals surface area contributed by atoms with Gasteiger partial charge in [-0.15, -0.1) is 5.10 Å². The van der Waals surface area contributed by atoms with Crippen LogP contribution in [-0.2, 0) is 11.8 Å². The lowest BCUT2D eigenvalue weighted by Crippen LogP contribution is -2.36. The number of likely N-dealkylation sites (tertiary alicyclic amines) is 1. The maximum atomic E-state index is 13.0. The minimum absolute atomic E-state index is 0.176. The summed E-state index contributed by atoms with van der Waals surface area (Å²) in [6.07, 6.45) is 8.81. The zero-order chi connectivity index (χ0) is 17.2. The molecular formula is C17H24N6OS. The van der Waals surface area contributed by atoms with Crippen LogP contribution >= 0.6 is 11.8 Å². The maximum Gasteiger partial charge on any atom is 0.233 e. The predicted octanol–water partition coefficient (Wildman–Crippen LogP) is 2.58. The number of hydrogen-bond acceptors (Lipinski definition) is 5. The molecule has 2 aliphatic rings. The summed E-state index contributed by atoms with van der Waals surface area (Å²) in [5.74, 6) is 0.581. The third-order valence-corrected chi connectivity index (χ3v) is 6.00. The van der Waals surface area contributed by atoms with Crippen LogP contribution in [0.15, 0.2) is 23.5 Å². The molecule has 2 fully saturated rings. The number of carbonyl (C=O) groups is 1. The first kappa shape index (κ1) is 16.6. The van der Waals surface area contributed by atoms with Crippen molar-refractivity contribution in [1.29, 1.82) is 0 Å². The van der Waals surface area contributed by atoms with E-state index in [1.807, 2.05) is 4.68 Å². The number of aromatic nitrogens is 5. The Morgan fingerprint density at radius 3 is 2.92 bits per heavy atom. The van der Waals surface area contributed by atoms with E-state index in [0.29, 0.717) is 11.8 Å². The fraction of sp³-hybridized carbons (Fsp3) is 0.647. The Hall–Kier alpha value is -1.83. The number of hydrogen-bond donors (Lipinski definition) is 0. The molecule has 0 radical (unpaired) electrons. The molecule has 1 atom stereocenters. The normalized spacial score (nSPS) is 21.3. The summed E-state index contributed by atoms with van der Waals surface area (Å²) in [6, 6.07) is 4.80. The second-order valence-corrected chi connectivity index (χ2v) is 7.86. The Labute approximate surface area is 151 Å². The van der Waals surface area contributed by atoms with Crippen molar-refractivity contribution in [2.75, 3.05) is 12.3 Å². The van der Waals surface area contributed by atoms with Crippen LogP contribution < -0.4 is 0 Å². The van der Waals surface area contributed by atoms with E-state index in [1.165, 1.54) is 30.3 Å². The van der Waals surface area contributed by atoms with Crippen molar-refractivity contribution >= 4 is 17.7 Å². The summed E-state index contributed by atoms with van der Waals surface area (Å²) in [4.78, 5) is 15.0. The van der Waals surface area contributed by atoms with Gasteiger partial charge < -0.3 is 9.47 Å². The van der Waals surface area contributed by atoms with Crippen LogP contribution in [0.1, 0.15) is 56.3 Å². The molecule has 2 aromatic heterocycles. The number of aryl methyl sites for hydroxylation is 1. The minimum Gasteiger partial charge on any atom is -0.353 e. The fourth-order valence-corrected chi connectivity index (χ4v) is 4.40. The second-order valence-electron chi connectivity index (χ2n) is 6.92. The molecule has 1 unspecified atom stereocenters. The highest BCUT2D eigenvalue weighted by Gasteiger charge is 2.30. The van der Waals surface area contributed by atoms with Crippen molar-refractivity contribution in [3.8, 4) is 0 Å². The highest BCUT2D eigenvalue weighted by molar-refractivity contribution is 7.99. The lowest BCUT2D eigenvalue weighted by molar-refractivity contribution is -0.130. The van der Waals surface area contributed by atoms with Gasteiger partial charge in [-0.2, -0.15) is 0 Å². The molecule has 1 aliphatic heterocycles. The van der Waals surface area contributed by atoms with E-state index in [4.69, 9.17) is 0 Å². The van der Waals surface area contributed by atoms with E-state index in [-0.39, 0.29) is 11.9 Å². The number of rotatable bonds is 5. The van der Waals surface area contributed by atoms with Gasteiger partial charge in [0.1, 0.15) is 0 Å². The van der Waals surface area contributed by atoms with E-state index in [9.17, 15) is 4.79 Å². The first-order valence-electron chi connectivity index (χ1n) is 9.05. The topological polar surface area (TPSA) is 68.8 Å². The molecule has 1 saturated heterocycles. The summed E-state index contributed by atoms with van der Waals surface area (Å²) in [5, 5.41) is 12.7. The van der Waals surface area contributed by atoms with E-state index in [1.54, 1.807) is 0 Å². The first-order chi connectivity index (χ1) is 12.2. The van der Waals surface area contributed by atoms with Crippen LogP contribution in [0.4, 0.5) is 0 Å². The molecule has 1 saturated carbocycles. The van der Waals surface area contributed by atoms with Gasteiger partial charge in [0.15, 0.2) is 0 Å². The average molecular weight is 360 g/mol. The van der Waals surface area contributed by atoms with Gasteiger partial charge in [-0.3, -0.25) is 4.79 Å². The van der Waals surface area contributed by atoms with Crippen LogP contribution in [0.3, 0.4) is 0 Å². The van der Waals surface area contributed by atoms with E-state index in [2.05, 4.69) is 50.4 Å². The number of amides is 1. The van der Waals surface area contributed by atoms with Crippen LogP contribution in [0, 0.1) is 0 Å². The maximum absolute atomic E-state index is 13.0. The van der Waals surface area contributed by atoms with Gasteiger partial charge in [0.25, 0.3) is 0 Å². The first-order valence-corrected chi connectivity index (χ1v) is 10.0. The van der Waals surface area contributed by atoms with Gasteiger partial charge >= 0.3 is 0 Å². The monoisotopic (exact) mass is 360 g/mol. The van der Waals surface area contributed by atoms with Crippen molar-refractivity contribution in [1.82, 2.24) is 29.7 Å². The molecule has 3 heterocycles.